The van der Waals surface area contributed by atoms with Gasteiger partial charge in [-0.3, -0.25) is 0 Å². The molecule has 0 aromatic rings. The summed E-state index contributed by atoms with van der Waals surface area (Å²) in [6.45, 7) is 6.43. The standard InChI is InChI=1S/C15H30N2O/c1-2-15-14(7-8-18-15)11-17-10-13-5-3-12(9-16)4-6-13/h12-15,17H,2-11,16H2,1H3. The van der Waals surface area contributed by atoms with Gasteiger partial charge in [0, 0.05) is 13.2 Å². The van der Waals surface area contributed by atoms with E-state index in [1.54, 1.807) is 0 Å². The van der Waals surface area contributed by atoms with Gasteiger partial charge < -0.3 is 15.8 Å². The maximum absolute atomic E-state index is 5.73. The molecule has 2 fully saturated rings. The highest BCUT2D eigenvalue weighted by atomic mass is 16.5. The topological polar surface area (TPSA) is 47.3 Å². The quantitative estimate of drug-likeness (QED) is 0.763. The third kappa shape index (κ3) is 3.94. The Hall–Kier alpha value is -0.120. The molecule has 2 unspecified atom stereocenters. The first-order valence-electron chi connectivity index (χ1n) is 7.85. The Balaban J connectivity index is 1.58. The Morgan fingerprint density at radius 1 is 1.06 bits per heavy atom. The van der Waals surface area contributed by atoms with Crippen LogP contribution in [0.4, 0.5) is 0 Å². The van der Waals surface area contributed by atoms with E-state index in [4.69, 9.17) is 10.5 Å². The molecule has 1 saturated carbocycles. The zero-order chi connectivity index (χ0) is 12.8. The molecule has 1 saturated heterocycles. The van der Waals surface area contributed by atoms with Gasteiger partial charge in [0.15, 0.2) is 0 Å². The minimum Gasteiger partial charge on any atom is -0.378 e. The fraction of sp³-hybridized carbons (Fsp3) is 1.00. The maximum atomic E-state index is 5.73. The van der Waals surface area contributed by atoms with Crippen molar-refractivity contribution in [2.45, 2.75) is 51.6 Å². The fourth-order valence-corrected chi connectivity index (χ4v) is 3.52. The normalized spacial score (nSPS) is 37.0. The summed E-state index contributed by atoms with van der Waals surface area (Å²) in [4.78, 5) is 0. The number of ether oxygens (including phenoxy) is 1. The molecule has 106 valence electrons. The van der Waals surface area contributed by atoms with Crippen LogP contribution in [0.15, 0.2) is 0 Å². The van der Waals surface area contributed by atoms with Crippen LogP contribution in [0, 0.1) is 17.8 Å². The van der Waals surface area contributed by atoms with Crippen molar-refractivity contribution in [1.29, 1.82) is 0 Å². The van der Waals surface area contributed by atoms with Gasteiger partial charge in [0.25, 0.3) is 0 Å². The van der Waals surface area contributed by atoms with Crippen LogP contribution in [0.1, 0.15) is 45.4 Å². The molecule has 3 nitrogen and oxygen atoms in total. The molecular formula is C15H30N2O. The van der Waals surface area contributed by atoms with E-state index < -0.39 is 0 Å². The number of hydrogen-bond acceptors (Lipinski definition) is 3. The summed E-state index contributed by atoms with van der Waals surface area (Å²) in [5.74, 6) is 2.43. The van der Waals surface area contributed by atoms with Crippen molar-refractivity contribution >= 4 is 0 Å². The Bertz CT molecular complexity index is 227. The van der Waals surface area contributed by atoms with Gasteiger partial charge in [-0.25, -0.2) is 0 Å². The first-order valence-corrected chi connectivity index (χ1v) is 7.85. The van der Waals surface area contributed by atoms with Gasteiger partial charge in [0.05, 0.1) is 6.10 Å². The largest absolute Gasteiger partial charge is 0.378 e. The molecule has 2 atom stereocenters. The van der Waals surface area contributed by atoms with E-state index in [0.29, 0.717) is 6.10 Å². The van der Waals surface area contributed by atoms with E-state index >= 15 is 0 Å². The summed E-state index contributed by atoms with van der Waals surface area (Å²) in [5, 5.41) is 3.68. The third-order valence-corrected chi connectivity index (χ3v) is 4.89. The minimum atomic E-state index is 0.505. The predicted octanol–water partition coefficient (Wildman–Crippen LogP) is 2.16. The lowest BCUT2D eigenvalue weighted by Crippen LogP contribution is -2.33. The van der Waals surface area contributed by atoms with Gasteiger partial charge in [-0.05, 0) is 69.4 Å². The van der Waals surface area contributed by atoms with Crippen molar-refractivity contribution in [3.63, 3.8) is 0 Å². The van der Waals surface area contributed by atoms with Crippen LogP contribution < -0.4 is 11.1 Å². The van der Waals surface area contributed by atoms with Crippen LogP contribution >= 0.6 is 0 Å². The van der Waals surface area contributed by atoms with Crippen LogP contribution in [-0.2, 0) is 4.74 Å². The number of hydrogen-bond donors (Lipinski definition) is 2. The second-order valence-corrected chi connectivity index (χ2v) is 6.15. The molecule has 0 aromatic carbocycles. The van der Waals surface area contributed by atoms with E-state index in [2.05, 4.69) is 12.2 Å². The van der Waals surface area contributed by atoms with E-state index in [9.17, 15) is 0 Å². The van der Waals surface area contributed by atoms with Crippen LogP contribution in [-0.4, -0.2) is 32.3 Å². The molecule has 0 aromatic heterocycles. The molecule has 1 aliphatic carbocycles. The van der Waals surface area contributed by atoms with Gasteiger partial charge in [0.1, 0.15) is 0 Å². The Kier molecular flexibility index (Phi) is 5.93. The molecule has 1 aliphatic heterocycles. The van der Waals surface area contributed by atoms with E-state index in [1.165, 1.54) is 38.6 Å². The van der Waals surface area contributed by atoms with Crippen molar-refractivity contribution in [2.24, 2.45) is 23.5 Å². The van der Waals surface area contributed by atoms with E-state index in [1.807, 2.05) is 0 Å². The average molecular weight is 254 g/mol. The van der Waals surface area contributed by atoms with Crippen molar-refractivity contribution in [2.75, 3.05) is 26.2 Å². The Morgan fingerprint density at radius 2 is 1.78 bits per heavy atom. The van der Waals surface area contributed by atoms with Gasteiger partial charge >= 0.3 is 0 Å². The molecule has 2 aliphatic rings. The van der Waals surface area contributed by atoms with Gasteiger partial charge in [-0.2, -0.15) is 0 Å². The fourth-order valence-electron chi connectivity index (χ4n) is 3.52. The van der Waals surface area contributed by atoms with Crippen LogP contribution in [0.5, 0.6) is 0 Å². The molecule has 0 bridgehead atoms. The SMILES string of the molecule is CCC1OCCC1CNCC1CCC(CN)CC1. The highest BCUT2D eigenvalue weighted by molar-refractivity contribution is 4.79. The van der Waals surface area contributed by atoms with Crippen molar-refractivity contribution in [3.05, 3.63) is 0 Å². The van der Waals surface area contributed by atoms with Crippen molar-refractivity contribution < 1.29 is 4.74 Å². The third-order valence-electron chi connectivity index (χ3n) is 4.89. The zero-order valence-electron chi connectivity index (χ0n) is 11.9. The summed E-state index contributed by atoms with van der Waals surface area (Å²) in [6.07, 6.45) is 8.32. The summed E-state index contributed by atoms with van der Waals surface area (Å²) in [7, 11) is 0. The summed E-state index contributed by atoms with van der Waals surface area (Å²) < 4.78 is 5.73. The molecule has 1 heterocycles. The molecule has 0 spiro atoms. The Morgan fingerprint density at radius 3 is 2.44 bits per heavy atom. The van der Waals surface area contributed by atoms with Crippen LogP contribution in [0.2, 0.25) is 0 Å². The smallest absolute Gasteiger partial charge is 0.0613 e. The minimum absolute atomic E-state index is 0.505. The van der Waals surface area contributed by atoms with Gasteiger partial charge in [-0.1, -0.05) is 6.92 Å². The zero-order valence-corrected chi connectivity index (χ0v) is 11.9. The summed E-state index contributed by atoms with van der Waals surface area (Å²) in [5.41, 5.74) is 5.73. The molecule has 0 amide bonds. The van der Waals surface area contributed by atoms with E-state index in [0.717, 1.165) is 43.9 Å². The summed E-state index contributed by atoms with van der Waals surface area (Å²) in [6, 6.07) is 0. The Labute approximate surface area is 112 Å². The van der Waals surface area contributed by atoms with Crippen molar-refractivity contribution in [3.8, 4) is 0 Å². The van der Waals surface area contributed by atoms with Crippen molar-refractivity contribution in [1.82, 2.24) is 5.32 Å². The lowest BCUT2D eigenvalue weighted by atomic mass is 9.82. The first kappa shape index (κ1) is 14.3. The molecule has 2 rings (SSSR count). The second-order valence-electron chi connectivity index (χ2n) is 6.15. The number of nitrogens with one attached hydrogen (secondary N) is 1. The van der Waals surface area contributed by atoms with E-state index in [-0.39, 0.29) is 0 Å². The number of nitrogens with two attached hydrogens (primary N) is 1. The summed E-state index contributed by atoms with van der Waals surface area (Å²) >= 11 is 0. The molecule has 0 radical (unpaired) electrons. The van der Waals surface area contributed by atoms with Gasteiger partial charge in [-0.15, -0.1) is 0 Å². The monoisotopic (exact) mass is 254 g/mol. The lowest BCUT2D eigenvalue weighted by molar-refractivity contribution is 0.0868. The first-order chi connectivity index (χ1) is 8.83. The second kappa shape index (κ2) is 7.46. The highest BCUT2D eigenvalue weighted by Crippen LogP contribution is 2.28. The average Bonchev–Trinajstić information content (AvgIpc) is 2.87. The molecular weight excluding hydrogens is 224 g/mol. The lowest BCUT2D eigenvalue weighted by Gasteiger charge is -2.28. The highest BCUT2D eigenvalue weighted by Gasteiger charge is 2.26. The van der Waals surface area contributed by atoms with Gasteiger partial charge in [0.2, 0.25) is 0 Å². The number of rotatable bonds is 6. The molecule has 3 N–H and O–H groups in total. The molecule has 18 heavy (non-hydrogen) atoms. The van der Waals surface area contributed by atoms with Crippen LogP contribution in [0.25, 0.3) is 0 Å². The predicted molar refractivity (Wildman–Crippen MR) is 75.5 cm³/mol. The maximum Gasteiger partial charge on any atom is 0.0613 e. The van der Waals surface area contributed by atoms with Crippen LogP contribution in [0.3, 0.4) is 0 Å². The molecule has 3 heteroatoms.